The van der Waals surface area contributed by atoms with Gasteiger partial charge in [0.25, 0.3) is 5.91 Å². The first kappa shape index (κ1) is 15.0. The van der Waals surface area contributed by atoms with E-state index in [1.807, 2.05) is 17.0 Å². The van der Waals surface area contributed by atoms with Crippen molar-refractivity contribution in [2.45, 2.75) is 25.8 Å². The number of carbonyl (C=O) groups is 1. The number of hydrogen-bond donors (Lipinski definition) is 1. The van der Waals surface area contributed by atoms with Crippen LogP contribution in [-0.4, -0.2) is 48.3 Å². The molecule has 2 heterocycles. The molecule has 1 saturated heterocycles. The summed E-state index contributed by atoms with van der Waals surface area (Å²) in [5.41, 5.74) is 0. The Morgan fingerprint density at radius 2 is 2.45 bits per heavy atom. The molecule has 0 saturated carbocycles. The fourth-order valence-corrected chi connectivity index (χ4v) is 2.96. The van der Waals surface area contributed by atoms with Gasteiger partial charge in [-0.3, -0.25) is 4.79 Å². The molecule has 1 amide bonds. The molecular formula is C15H19NO3S. The molecule has 1 aromatic rings. The monoisotopic (exact) mass is 293 g/mol. The van der Waals surface area contributed by atoms with Crippen LogP contribution in [0.5, 0.6) is 0 Å². The normalized spacial score (nSPS) is 18.5. The number of thiophene rings is 1. The largest absolute Gasteiger partial charge is 0.395 e. The minimum Gasteiger partial charge on any atom is -0.395 e. The van der Waals surface area contributed by atoms with Crippen LogP contribution in [-0.2, 0) is 4.74 Å². The molecule has 1 N–H and O–H groups in total. The Morgan fingerprint density at radius 1 is 1.60 bits per heavy atom. The molecule has 2 rings (SSSR count). The second-order valence-corrected chi connectivity index (χ2v) is 5.66. The van der Waals surface area contributed by atoms with Crippen molar-refractivity contribution in [1.82, 2.24) is 4.90 Å². The zero-order valence-corrected chi connectivity index (χ0v) is 12.4. The number of amides is 1. The summed E-state index contributed by atoms with van der Waals surface area (Å²) in [7, 11) is 0. The molecule has 1 aliphatic heterocycles. The van der Waals surface area contributed by atoms with Gasteiger partial charge in [-0.25, -0.2) is 0 Å². The van der Waals surface area contributed by atoms with Crippen LogP contribution in [0.15, 0.2) is 12.1 Å². The fourth-order valence-electron chi connectivity index (χ4n) is 2.13. The summed E-state index contributed by atoms with van der Waals surface area (Å²) in [6.07, 6.45) is 1.36. The van der Waals surface area contributed by atoms with Gasteiger partial charge in [0.2, 0.25) is 0 Å². The average Bonchev–Trinajstić information content (AvgIpc) is 2.95. The van der Waals surface area contributed by atoms with Gasteiger partial charge in [-0.05, 0) is 18.6 Å². The van der Waals surface area contributed by atoms with Crippen molar-refractivity contribution in [1.29, 1.82) is 0 Å². The minimum absolute atomic E-state index is 0.0656. The molecule has 5 heteroatoms. The highest BCUT2D eigenvalue weighted by Gasteiger charge is 2.27. The molecule has 0 aromatic carbocycles. The Hall–Kier alpha value is -1.35. The highest BCUT2D eigenvalue weighted by Crippen LogP contribution is 2.21. The van der Waals surface area contributed by atoms with Gasteiger partial charge in [0, 0.05) is 13.0 Å². The first-order valence-corrected chi connectivity index (χ1v) is 7.66. The summed E-state index contributed by atoms with van der Waals surface area (Å²) < 4.78 is 5.42. The lowest BCUT2D eigenvalue weighted by molar-refractivity contribution is -0.00253. The highest BCUT2D eigenvalue weighted by molar-refractivity contribution is 7.14. The molecular weight excluding hydrogens is 274 g/mol. The summed E-state index contributed by atoms with van der Waals surface area (Å²) in [6.45, 7) is 4.02. The number of aliphatic hydroxyl groups excluding tert-OH is 1. The maximum absolute atomic E-state index is 12.5. The smallest absolute Gasteiger partial charge is 0.264 e. The molecule has 0 aliphatic carbocycles. The predicted molar refractivity (Wildman–Crippen MR) is 78.8 cm³/mol. The van der Waals surface area contributed by atoms with Gasteiger partial charge in [-0.2, -0.15) is 0 Å². The summed E-state index contributed by atoms with van der Waals surface area (Å²) in [4.78, 5) is 16.0. The standard InChI is InChI=1S/C15H19NO3S/c1-2-12-11-19-10-8-16(12)15(18)14-7-6-13(20-14)5-3-4-9-17/h6-7,12,17H,2,4,8-11H2,1H3. The minimum atomic E-state index is 0.0656. The van der Waals surface area contributed by atoms with E-state index in [1.165, 1.54) is 11.3 Å². The number of rotatable bonds is 3. The lowest BCUT2D eigenvalue weighted by atomic mass is 10.1. The number of aliphatic hydroxyl groups is 1. The second kappa shape index (κ2) is 7.44. The van der Waals surface area contributed by atoms with Gasteiger partial charge < -0.3 is 14.7 Å². The Bertz CT molecular complexity index is 515. The third-order valence-electron chi connectivity index (χ3n) is 3.22. The van der Waals surface area contributed by atoms with Crippen molar-refractivity contribution in [3.8, 4) is 11.8 Å². The molecule has 108 valence electrons. The Kier molecular flexibility index (Phi) is 5.60. The fraction of sp³-hybridized carbons (Fsp3) is 0.533. The third-order valence-corrected chi connectivity index (χ3v) is 4.21. The molecule has 0 bridgehead atoms. The first-order valence-electron chi connectivity index (χ1n) is 6.84. The Morgan fingerprint density at radius 3 is 3.20 bits per heavy atom. The molecule has 0 radical (unpaired) electrons. The van der Waals surface area contributed by atoms with Crippen LogP contribution in [0.4, 0.5) is 0 Å². The first-order chi connectivity index (χ1) is 9.76. The summed E-state index contributed by atoms with van der Waals surface area (Å²) in [6, 6.07) is 3.87. The van der Waals surface area contributed by atoms with Crippen molar-refractivity contribution >= 4 is 17.2 Å². The van der Waals surface area contributed by atoms with E-state index in [4.69, 9.17) is 9.84 Å². The maximum atomic E-state index is 12.5. The van der Waals surface area contributed by atoms with Gasteiger partial charge in [0.05, 0.1) is 35.6 Å². The van der Waals surface area contributed by atoms with Crippen molar-refractivity contribution in [3.05, 3.63) is 21.9 Å². The summed E-state index contributed by atoms with van der Waals surface area (Å²) in [5, 5.41) is 8.69. The van der Waals surface area contributed by atoms with Crippen LogP contribution >= 0.6 is 11.3 Å². The van der Waals surface area contributed by atoms with Gasteiger partial charge in [-0.1, -0.05) is 18.8 Å². The van der Waals surface area contributed by atoms with Crippen LogP contribution in [0.3, 0.4) is 0 Å². The molecule has 1 aliphatic rings. The van der Waals surface area contributed by atoms with Crippen LogP contribution in [0.1, 0.15) is 34.3 Å². The van der Waals surface area contributed by atoms with E-state index < -0.39 is 0 Å². The van der Waals surface area contributed by atoms with Crippen molar-refractivity contribution in [2.75, 3.05) is 26.4 Å². The van der Waals surface area contributed by atoms with E-state index >= 15 is 0 Å². The molecule has 4 nitrogen and oxygen atoms in total. The van der Waals surface area contributed by atoms with E-state index in [9.17, 15) is 4.79 Å². The van der Waals surface area contributed by atoms with Crippen LogP contribution < -0.4 is 0 Å². The van der Waals surface area contributed by atoms with Gasteiger partial charge >= 0.3 is 0 Å². The second-order valence-electron chi connectivity index (χ2n) is 4.57. The molecule has 1 fully saturated rings. The predicted octanol–water partition coefficient (Wildman–Crippen LogP) is 1.73. The molecule has 20 heavy (non-hydrogen) atoms. The Balaban J connectivity index is 2.07. The maximum Gasteiger partial charge on any atom is 0.264 e. The quantitative estimate of drug-likeness (QED) is 0.864. The SMILES string of the molecule is CCC1COCCN1C(=O)c1ccc(C#CCCO)s1. The lowest BCUT2D eigenvalue weighted by Gasteiger charge is -2.34. The number of nitrogens with zero attached hydrogens (tertiary/aromatic N) is 1. The van der Waals surface area contributed by atoms with Gasteiger partial charge in [0.1, 0.15) is 0 Å². The van der Waals surface area contributed by atoms with Crippen LogP contribution in [0.25, 0.3) is 0 Å². The lowest BCUT2D eigenvalue weighted by Crippen LogP contribution is -2.48. The van der Waals surface area contributed by atoms with Crippen molar-refractivity contribution in [2.24, 2.45) is 0 Å². The Labute approximate surface area is 123 Å². The highest BCUT2D eigenvalue weighted by atomic mass is 32.1. The zero-order chi connectivity index (χ0) is 14.4. The van der Waals surface area contributed by atoms with E-state index in [2.05, 4.69) is 18.8 Å². The van der Waals surface area contributed by atoms with E-state index in [0.717, 1.165) is 16.2 Å². The topological polar surface area (TPSA) is 49.8 Å². The number of ether oxygens (including phenoxy) is 1. The van der Waals surface area contributed by atoms with E-state index in [0.29, 0.717) is 26.2 Å². The van der Waals surface area contributed by atoms with E-state index in [1.54, 1.807) is 0 Å². The van der Waals surface area contributed by atoms with E-state index in [-0.39, 0.29) is 18.6 Å². The van der Waals surface area contributed by atoms with Crippen molar-refractivity contribution in [3.63, 3.8) is 0 Å². The average molecular weight is 293 g/mol. The van der Waals surface area contributed by atoms with Gasteiger partial charge in [-0.15, -0.1) is 11.3 Å². The van der Waals surface area contributed by atoms with Gasteiger partial charge in [0.15, 0.2) is 0 Å². The van der Waals surface area contributed by atoms with Crippen molar-refractivity contribution < 1.29 is 14.6 Å². The molecule has 1 atom stereocenters. The number of hydrogen-bond acceptors (Lipinski definition) is 4. The summed E-state index contributed by atoms with van der Waals surface area (Å²) >= 11 is 1.41. The molecule has 1 aromatic heterocycles. The number of carbonyl (C=O) groups excluding carboxylic acids is 1. The third kappa shape index (κ3) is 3.60. The molecule has 1 unspecified atom stereocenters. The zero-order valence-electron chi connectivity index (χ0n) is 11.6. The van der Waals surface area contributed by atoms with Crippen LogP contribution in [0.2, 0.25) is 0 Å². The molecule has 0 spiro atoms. The van der Waals surface area contributed by atoms with Crippen LogP contribution in [0, 0.1) is 11.8 Å². The number of morpholine rings is 1. The summed E-state index contributed by atoms with van der Waals surface area (Å²) in [5.74, 6) is 5.90.